The third-order valence-electron chi connectivity index (χ3n) is 2.94. The summed E-state index contributed by atoms with van der Waals surface area (Å²) in [5.41, 5.74) is 0.810. The minimum absolute atomic E-state index is 0.269. The van der Waals surface area contributed by atoms with Crippen molar-refractivity contribution in [1.29, 1.82) is 0 Å². The van der Waals surface area contributed by atoms with Crippen molar-refractivity contribution in [2.75, 3.05) is 20.8 Å². The van der Waals surface area contributed by atoms with Crippen molar-refractivity contribution in [2.24, 2.45) is 0 Å². The summed E-state index contributed by atoms with van der Waals surface area (Å²) < 4.78 is 25.7. The van der Waals surface area contributed by atoms with Crippen molar-refractivity contribution >= 4 is 22.6 Å². The lowest BCUT2D eigenvalue weighted by Crippen LogP contribution is -2.45. The average Bonchev–Trinajstić information content (AvgIpc) is 2.40. The monoisotopic (exact) mass is 319 g/mol. The molecule has 1 atom stereocenters. The average molecular weight is 320 g/mol. The first-order chi connectivity index (χ1) is 9.25. The van der Waals surface area contributed by atoms with Crippen LogP contribution in [0.1, 0.15) is 26.3 Å². The molecule has 0 saturated carbocycles. The fourth-order valence-corrected chi connectivity index (χ4v) is 2.53. The van der Waals surface area contributed by atoms with Gasteiger partial charge in [0.15, 0.2) is 0 Å². The minimum Gasteiger partial charge on any atom is -0.348 e. The van der Waals surface area contributed by atoms with Gasteiger partial charge < -0.3 is 9.47 Å². The van der Waals surface area contributed by atoms with Crippen molar-refractivity contribution in [3.05, 3.63) is 34.9 Å². The second-order valence-corrected chi connectivity index (χ2v) is 7.86. The summed E-state index contributed by atoms with van der Waals surface area (Å²) >= 11 is 5.89. The first kappa shape index (κ1) is 17.6. The van der Waals surface area contributed by atoms with E-state index in [2.05, 4.69) is 4.72 Å². The molecule has 0 aliphatic rings. The van der Waals surface area contributed by atoms with E-state index >= 15 is 0 Å². The number of hydrogen-bond donors (Lipinski definition) is 1. The Labute approximate surface area is 128 Å². The summed E-state index contributed by atoms with van der Waals surface area (Å²) in [7, 11) is 1.91. The standard InChI is InChI=1S/C14H22ClNO3S/c1-13(2,3)20(17)16-10-14(18-4,19-5)11-6-8-12(15)9-7-11/h6-9,16H,10H2,1-5H3. The van der Waals surface area contributed by atoms with E-state index in [0.29, 0.717) is 5.02 Å². The molecule has 0 bridgehead atoms. The number of hydrogen-bond acceptors (Lipinski definition) is 3. The van der Waals surface area contributed by atoms with E-state index in [9.17, 15) is 4.21 Å². The Morgan fingerprint density at radius 3 is 2.05 bits per heavy atom. The second kappa shape index (κ2) is 7.00. The van der Waals surface area contributed by atoms with Gasteiger partial charge in [-0.3, -0.25) is 0 Å². The molecule has 4 nitrogen and oxygen atoms in total. The molecule has 0 aromatic heterocycles. The zero-order valence-electron chi connectivity index (χ0n) is 12.5. The molecule has 114 valence electrons. The Kier molecular flexibility index (Phi) is 6.16. The van der Waals surface area contributed by atoms with Gasteiger partial charge in [-0.25, -0.2) is 8.93 Å². The Morgan fingerprint density at radius 1 is 1.15 bits per heavy atom. The maximum absolute atomic E-state index is 12.1. The van der Waals surface area contributed by atoms with Crippen LogP contribution in [-0.2, 0) is 26.2 Å². The van der Waals surface area contributed by atoms with E-state index in [1.807, 2.05) is 32.9 Å². The van der Waals surface area contributed by atoms with Crippen molar-refractivity contribution in [3.63, 3.8) is 0 Å². The SMILES string of the molecule is COC(CNS(=O)C(C)(C)C)(OC)c1ccc(Cl)cc1. The first-order valence-corrected chi connectivity index (χ1v) is 7.79. The number of ether oxygens (including phenoxy) is 2. The lowest BCUT2D eigenvalue weighted by molar-refractivity contribution is -0.209. The molecule has 1 aromatic rings. The highest BCUT2D eigenvalue weighted by Gasteiger charge is 2.33. The van der Waals surface area contributed by atoms with Crippen LogP contribution in [0.4, 0.5) is 0 Å². The van der Waals surface area contributed by atoms with Gasteiger partial charge in [0.1, 0.15) is 0 Å². The molecule has 20 heavy (non-hydrogen) atoms. The maximum atomic E-state index is 12.1. The highest BCUT2D eigenvalue weighted by molar-refractivity contribution is 7.84. The topological polar surface area (TPSA) is 47.6 Å². The van der Waals surface area contributed by atoms with E-state index in [0.717, 1.165) is 5.56 Å². The van der Waals surface area contributed by atoms with Gasteiger partial charge in [-0.15, -0.1) is 0 Å². The van der Waals surface area contributed by atoms with Crippen molar-refractivity contribution in [3.8, 4) is 0 Å². The quantitative estimate of drug-likeness (QED) is 0.820. The van der Waals surface area contributed by atoms with Crippen LogP contribution in [0.25, 0.3) is 0 Å². The molecule has 0 fully saturated rings. The fourth-order valence-electron chi connectivity index (χ4n) is 1.65. The molecule has 1 rings (SSSR count). The van der Waals surface area contributed by atoms with E-state index < -0.39 is 16.8 Å². The largest absolute Gasteiger partial charge is 0.348 e. The second-order valence-electron chi connectivity index (χ2n) is 5.37. The Bertz CT molecular complexity index is 452. The highest BCUT2D eigenvalue weighted by Crippen LogP contribution is 2.27. The molecule has 0 amide bonds. The van der Waals surface area contributed by atoms with Crippen LogP contribution < -0.4 is 4.72 Å². The lowest BCUT2D eigenvalue weighted by atomic mass is 10.1. The van der Waals surface area contributed by atoms with Gasteiger partial charge in [0, 0.05) is 24.8 Å². The molecule has 0 aliphatic heterocycles. The van der Waals surface area contributed by atoms with Gasteiger partial charge in [0.25, 0.3) is 0 Å². The van der Waals surface area contributed by atoms with E-state index in [1.54, 1.807) is 26.4 Å². The zero-order chi connectivity index (χ0) is 15.4. The van der Waals surface area contributed by atoms with Gasteiger partial charge in [0.05, 0.1) is 22.3 Å². The molecule has 0 aliphatic carbocycles. The molecular formula is C14H22ClNO3S. The molecular weight excluding hydrogens is 298 g/mol. The third kappa shape index (κ3) is 4.27. The third-order valence-corrected chi connectivity index (χ3v) is 4.71. The lowest BCUT2D eigenvalue weighted by Gasteiger charge is -2.32. The van der Waals surface area contributed by atoms with E-state index in [-0.39, 0.29) is 11.3 Å². The van der Waals surface area contributed by atoms with Crippen LogP contribution in [0.15, 0.2) is 24.3 Å². The normalized spacial score (nSPS) is 14.3. The van der Waals surface area contributed by atoms with Crippen LogP contribution in [0.5, 0.6) is 0 Å². The summed E-state index contributed by atoms with van der Waals surface area (Å²) in [6.07, 6.45) is 0. The molecule has 0 radical (unpaired) electrons. The van der Waals surface area contributed by atoms with Crippen molar-refractivity contribution in [1.82, 2.24) is 4.72 Å². The number of methoxy groups -OCH3 is 2. The van der Waals surface area contributed by atoms with Crippen LogP contribution in [-0.4, -0.2) is 29.7 Å². The van der Waals surface area contributed by atoms with Crippen LogP contribution in [0.2, 0.25) is 5.02 Å². The Morgan fingerprint density at radius 2 is 1.65 bits per heavy atom. The smallest absolute Gasteiger partial charge is 0.208 e. The van der Waals surface area contributed by atoms with Gasteiger partial charge in [-0.05, 0) is 32.9 Å². The summed E-state index contributed by atoms with van der Waals surface area (Å²) in [6, 6.07) is 7.20. The number of nitrogens with one attached hydrogen (secondary N) is 1. The van der Waals surface area contributed by atoms with E-state index in [4.69, 9.17) is 21.1 Å². The van der Waals surface area contributed by atoms with Crippen LogP contribution in [0, 0.1) is 0 Å². The summed E-state index contributed by atoms with van der Waals surface area (Å²) in [5.74, 6) is -0.995. The number of benzene rings is 1. The van der Waals surface area contributed by atoms with Crippen LogP contribution in [0.3, 0.4) is 0 Å². The maximum Gasteiger partial charge on any atom is 0.208 e. The minimum atomic E-state index is -1.20. The Hall–Kier alpha value is -0.460. The molecule has 0 heterocycles. The van der Waals surface area contributed by atoms with Gasteiger partial charge in [0.2, 0.25) is 5.79 Å². The predicted octanol–water partition coefficient (Wildman–Crippen LogP) is 2.84. The molecule has 1 unspecified atom stereocenters. The molecule has 6 heteroatoms. The summed E-state index contributed by atoms with van der Waals surface area (Å²) in [4.78, 5) is 0. The van der Waals surface area contributed by atoms with Crippen LogP contribution >= 0.6 is 11.6 Å². The van der Waals surface area contributed by atoms with Crippen molar-refractivity contribution < 1.29 is 13.7 Å². The molecule has 1 aromatic carbocycles. The fraction of sp³-hybridized carbons (Fsp3) is 0.571. The molecule has 0 saturated heterocycles. The molecule has 1 N–H and O–H groups in total. The van der Waals surface area contributed by atoms with Crippen molar-refractivity contribution in [2.45, 2.75) is 31.3 Å². The summed E-state index contributed by atoms with van der Waals surface area (Å²) in [6.45, 7) is 5.98. The highest BCUT2D eigenvalue weighted by atomic mass is 35.5. The first-order valence-electron chi connectivity index (χ1n) is 6.27. The number of halogens is 1. The molecule has 0 spiro atoms. The van der Waals surface area contributed by atoms with Gasteiger partial charge in [-0.1, -0.05) is 23.7 Å². The zero-order valence-corrected chi connectivity index (χ0v) is 14.1. The number of rotatable bonds is 6. The van der Waals surface area contributed by atoms with Gasteiger partial charge >= 0.3 is 0 Å². The van der Waals surface area contributed by atoms with E-state index in [1.165, 1.54) is 0 Å². The summed E-state index contributed by atoms with van der Waals surface area (Å²) in [5, 5.41) is 0.640. The Balaban J connectivity index is 2.93. The predicted molar refractivity (Wildman–Crippen MR) is 83.0 cm³/mol. The van der Waals surface area contributed by atoms with Gasteiger partial charge in [-0.2, -0.15) is 0 Å².